The van der Waals surface area contributed by atoms with E-state index in [1.165, 1.54) is 42.1 Å². The van der Waals surface area contributed by atoms with Crippen LogP contribution >= 0.6 is 11.6 Å². The number of nitrogens with zero attached hydrogens (tertiary/aromatic N) is 3. The van der Waals surface area contributed by atoms with Crippen LogP contribution in [0.3, 0.4) is 0 Å². The summed E-state index contributed by atoms with van der Waals surface area (Å²) in [6.45, 7) is 1.76. The molecule has 0 bridgehead atoms. The van der Waals surface area contributed by atoms with Crippen LogP contribution in [0.25, 0.3) is 22.2 Å². The molecule has 0 aliphatic carbocycles. The predicted molar refractivity (Wildman–Crippen MR) is 150 cm³/mol. The largest absolute Gasteiger partial charge is 0.592 e. The first-order valence-corrected chi connectivity index (χ1v) is 12.4. The first-order valence-electron chi connectivity index (χ1n) is 12.0. The lowest BCUT2D eigenvalue weighted by Crippen LogP contribution is -2.32. The molecule has 4 rings (SSSR count). The average Bonchev–Trinajstić information content (AvgIpc) is 2.93. The molecule has 0 saturated carbocycles. The molecule has 4 aromatic rings. The fraction of sp³-hybridized carbons (Fsp3) is 0.179. The van der Waals surface area contributed by atoms with E-state index in [1.54, 1.807) is 37.5 Å². The van der Waals surface area contributed by atoms with Crippen LogP contribution in [0.4, 0.5) is 14.5 Å². The second kappa shape index (κ2) is 12.0. The van der Waals surface area contributed by atoms with Crippen LogP contribution in [0.1, 0.15) is 24.9 Å². The first-order chi connectivity index (χ1) is 19.1. The minimum atomic E-state index is -3.05. The topological polar surface area (TPSA) is 133 Å². The van der Waals surface area contributed by atoms with Gasteiger partial charge in [-0.3, -0.25) is 29.5 Å². The fourth-order valence-corrected chi connectivity index (χ4v) is 4.36. The zero-order valence-electron chi connectivity index (χ0n) is 21.4. The number of methoxy groups -OCH3 is 1. The Labute approximate surface area is 232 Å². The molecule has 2 aromatic carbocycles. The van der Waals surface area contributed by atoms with Crippen molar-refractivity contribution in [1.82, 2.24) is 14.5 Å². The second-order valence-corrected chi connectivity index (χ2v) is 9.11. The Kier molecular flexibility index (Phi) is 8.54. The number of alkyl halides is 2. The van der Waals surface area contributed by atoms with E-state index in [9.17, 15) is 18.4 Å². The number of aromatic nitrogens is 3. The molecule has 12 heteroatoms. The number of fused-ring (bicyclic) bond motifs is 1. The third kappa shape index (κ3) is 5.99. The van der Waals surface area contributed by atoms with Gasteiger partial charge in [-0.15, -0.1) is 0 Å². The molecule has 0 saturated heterocycles. The Bertz CT molecular complexity index is 1690. The lowest BCUT2D eigenvalue weighted by Gasteiger charge is -2.21. The maximum absolute atomic E-state index is 13.3. The number of amides is 1. The average molecular weight is 569 g/mol. The minimum Gasteiger partial charge on any atom is -0.592 e. The predicted octanol–water partition coefficient (Wildman–Crippen LogP) is 4.95. The van der Waals surface area contributed by atoms with Crippen molar-refractivity contribution in [2.45, 2.75) is 25.8 Å². The molecule has 1 unspecified atom stereocenters. The van der Waals surface area contributed by atoms with E-state index >= 15 is 0 Å². The van der Waals surface area contributed by atoms with Crippen LogP contribution in [-0.2, 0) is 4.79 Å². The Morgan fingerprint density at radius 1 is 1.15 bits per heavy atom. The van der Waals surface area contributed by atoms with Gasteiger partial charge in [0.2, 0.25) is 5.91 Å². The van der Waals surface area contributed by atoms with E-state index in [-0.39, 0.29) is 39.6 Å². The number of benzene rings is 2. The van der Waals surface area contributed by atoms with Crippen molar-refractivity contribution in [3.8, 4) is 16.9 Å². The zero-order valence-corrected chi connectivity index (χ0v) is 22.2. The SMILES string of the molecule is CCC(C(=O)Nc1ccc2nccnc2c1)n1cc(OC)c(-c2cc(Cl)ccc2C(=N)/C=C(\[OH2+])C(F)F)cc1=O. The van der Waals surface area contributed by atoms with E-state index in [0.717, 1.165) is 6.08 Å². The van der Waals surface area contributed by atoms with E-state index in [1.807, 2.05) is 0 Å². The maximum Gasteiger partial charge on any atom is 0.341 e. The maximum atomic E-state index is 13.3. The quantitative estimate of drug-likeness (QED) is 0.167. The molecule has 0 aliphatic rings. The van der Waals surface area contributed by atoms with Crippen LogP contribution in [0.5, 0.6) is 5.75 Å². The van der Waals surface area contributed by atoms with Gasteiger partial charge in [-0.2, -0.15) is 8.78 Å². The third-order valence-electron chi connectivity index (χ3n) is 6.12. The standard InChI is InChI=1S/C28H24ClF2N5O4/c1-3-23(28(39)35-16-5-7-21-22(11-16)34-9-8-33-21)36-14-25(40-2)19(12-26(36)38)18-10-15(29)4-6-17(18)20(32)13-24(37)27(30)31/h4-14,23,27,32,37H,3H2,1-2H3,(H,35,39)/p+1/b24-13-,32-20?. The zero-order chi connectivity index (χ0) is 29.0. The third-order valence-corrected chi connectivity index (χ3v) is 6.36. The number of pyridine rings is 1. The van der Waals surface area contributed by atoms with Crippen LogP contribution in [-0.4, -0.2) is 44.8 Å². The molecule has 4 N–H and O–H groups in total. The van der Waals surface area contributed by atoms with Crippen molar-refractivity contribution in [1.29, 1.82) is 5.41 Å². The summed E-state index contributed by atoms with van der Waals surface area (Å²) in [5.74, 6) is -1.27. The summed E-state index contributed by atoms with van der Waals surface area (Å²) in [6, 6.07) is 9.82. The summed E-state index contributed by atoms with van der Waals surface area (Å²) >= 11 is 6.19. The molecule has 1 atom stereocenters. The van der Waals surface area contributed by atoms with Crippen LogP contribution in [0, 0.1) is 5.41 Å². The lowest BCUT2D eigenvalue weighted by atomic mass is 9.96. The van der Waals surface area contributed by atoms with Gasteiger partial charge in [0.1, 0.15) is 11.8 Å². The highest BCUT2D eigenvalue weighted by molar-refractivity contribution is 6.31. The van der Waals surface area contributed by atoms with Crippen LogP contribution in [0.2, 0.25) is 5.02 Å². The van der Waals surface area contributed by atoms with Gasteiger partial charge in [0, 0.05) is 40.3 Å². The normalized spacial score (nSPS) is 12.4. The van der Waals surface area contributed by atoms with Crippen molar-refractivity contribution in [3.05, 3.63) is 93.8 Å². The summed E-state index contributed by atoms with van der Waals surface area (Å²) in [5, 5.41) is 18.8. The first kappa shape index (κ1) is 28.4. The fourth-order valence-electron chi connectivity index (χ4n) is 4.19. The highest BCUT2D eigenvalue weighted by Gasteiger charge is 2.24. The van der Waals surface area contributed by atoms with Gasteiger partial charge in [-0.25, -0.2) is 0 Å². The number of allylic oxidation sites excluding steroid dienone is 2. The van der Waals surface area contributed by atoms with Crippen molar-refractivity contribution in [2.24, 2.45) is 0 Å². The van der Waals surface area contributed by atoms with Gasteiger partial charge < -0.3 is 15.2 Å². The van der Waals surface area contributed by atoms with Crippen LogP contribution < -0.4 is 15.6 Å². The minimum absolute atomic E-state index is 0.162. The number of hydrogen-bond acceptors (Lipinski definition) is 6. The van der Waals surface area contributed by atoms with E-state index in [4.69, 9.17) is 26.9 Å². The molecule has 206 valence electrons. The van der Waals surface area contributed by atoms with E-state index in [0.29, 0.717) is 16.7 Å². The molecule has 1 amide bonds. The molecule has 40 heavy (non-hydrogen) atoms. The highest BCUT2D eigenvalue weighted by atomic mass is 35.5. The summed E-state index contributed by atoms with van der Waals surface area (Å²) < 4.78 is 32.6. The number of hydrogen-bond donors (Lipinski definition) is 2. The molecule has 0 radical (unpaired) electrons. The summed E-state index contributed by atoms with van der Waals surface area (Å²) in [6.07, 6.45) is 2.47. The Morgan fingerprint density at radius 2 is 1.88 bits per heavy atom. The van der Waals surface area contributed by atoms with Gasteiger partial charge in [-0.1, -0.05) is 24.6 Å². The monoisotopic (exact) mass is 568 g/mol. The van der Waals surface area contributed by atoms with Crippen LogP contribution in [0.15, 0.2) is 77.7 Å². The molecule has 9 nitrogen and oxygen atoms in total. The molecular formula is C28H25ClF2N5O4+. The molecule has 0 fully saturated rings. The highest BCUT2D eigenvalue weighted by Crippen LogP contribution is 2.34. The lowest BCUT2D eigenvalue weighted by molar-refractivity contribution is -0.119. The number of halogens is 3. The summed E-state index contributed by atoms with van der Waals surface area (Å²) in [4.78, 5) is 35.0. The Morgan fingerprint density at radius 3 is 2.55 bits per heavy atom. The van der Waals surface area contributed by atoms with Gasteiger partial charge >= 0.3 is 6.43 Å². The van der Waals surface area contributed by atoms with Crippen molar-refractivity contribution >= 4 is 39.9 Å². The van der Waals surface area contributed by atoms with Crippen molar-refractivity contribution in [3.63, 3.8) is 0 Å². The molecule has 2 heterocycles. The molecule has 0 spiro atoms. The van der Waals surface area contributed by atoms with Gasteiger partial charge in [0.25, 0.3) is 11.3 Å². The second-order valence-electron chi connectivity index (χ2n) is 8.68. The summed E-state index contributed by atoms with van der Waals surface area (Å²) in [7, 11) is 1.37. The van der Waals surface area contributed by atoms with E-state index < -0.39 is 29.7 Å². The molecule has 2 aromatic heterocycles. The Hall–Kier alpha value is -4.64. The molecule has 0 aliphatic heterocycles. The van der Waals surface area contributed by atoms with Gasteiger partial charge in [0.15, 0.2) is 0 Å². The summed E-state index contributed by atoms with van der Waals surface area (Å²) in [5.41, 5.74) is 1.52. The number of ether oxygens (including phenoxy) is 1. The number of rotatable bonds is 9. The smallest absolute Gasteiger partial charge is 0.341 e. The number of nitrogens with one attached hydrogen (secondary N) is 2. The van der Waals surface area contributed by atoms with Crippen molar-refractivity contribution in [2.75, 3.05) is 12.4 Å². The number of carbonyl (C=O) groups is 1. The van der Waals surface area contributed by atoms with E-state index in [2.05, 4.69) is 15.3 Å². The van der Waals surface area contributed by atoms with Gasteiger partial charge in [0.05, 0.1) is 36.1 Å². The number of anilines is 1. The van der Waals surface area contributed by atoms with Gasteiger partial charge in [-0.05, 0) is 42.3 Å². The number of carbonyl (C=O) groups excluding carboxylic acids is 1. The molecular weight excluding hydrogens is 544 g/mol. The Balaban J connectivity index is 1.73. The van der Waals surface area contributed by atoms with Crippen molar-refractivity contribution < 1.29 is 23.4 Å².